The van der Waals surface area contributed by atoms with Crippen molar-refractivity contribution >= 4 is 5.90 Å². The van der Waals surface area contributed by atoms with Gasteiger partial charge in [-0.15, -0.1) is 0 Å². The summed E-state index contributed by atoms with van der Waals surface area (Å²) in [5.74, 6) is 0.688. The van der Waals surface area contributed by atoms with Crippen molar-refractivity contribution in [1.29, 1.82) is 0 Å². The number of aliphatic imine (C=N–C) groups is 1. The maximum atomic E-state index is 5.03. The lowest BCUT2D eigenvalue weighted by Crippen LogP contribution is -1.95. The summed E-state index contributed by atoms with van der Waals surface area (Å²) < 4.78 is 5.03. The van der Waals surface area contributed by atoms with Crippen molar-refractivity contribution in [1.82, 2.24) is 0 Å². The van der Waals surface area contributed by atoms with E-state index in [0.717, 1.165) is 12.8 Å². The number of ether oxygens (including phenoxy) is 1. The Kier molecular flexibility index (Phi) is 4.21. The summed E-state index contributed by atoms with van der Waals surface area (Å²) in [4.78, 5) is 4.13. The van der Waals surface area contributed by atoms with Gasteiger partial charge in [0.2, 0.25) is 5.90 Å². The molecule has 1 aliphatic rings. The molecule has 0 aromatic rings. The molecule has 0 amide bonds. The van der Waals surface area contributed by atoms with E-state index in [-0.39, 0.29) is 0 Å². The summed E-state index contributed by atoms with van der Waals surface area (Å²) in [6.07, 6.45) is 12.7. The average Bonchev–Trinajstić information content (AvgIpc) is 2.14. The molecule has 12 heavy (non-hydrogen) atoms. The van der Waals surface area contributed by atoms with E-state index in [2.05, 4.69) is 17.1 Å². The number of hydrogen-bond acceptors (Lipinski definition) is 2. The SMILES string of the molecule is COC1=N/C=C\CCCC\C=C\1. The lowest BCUT2D eigenvalue weighted by molar-refractivity contribution is 0.406. The molecule has 0 saturated heterocycles. The third-order valence-corrected chi connectivity index (χ3v) is 1.77. The second-order valence-electron chi connectivity index (χ2n) is 2.74. The normalized spacial score (nSPS) is 28.2. The van der Waals surface area contributed by atoms with Gasteiger partial charge in [-0.05, 0) is 31.8 Å². The molecule has 66 valence electrons. The van der Waals surface area contributed by atoms with Gasteiger partial charge < -0.3 is 4.74 Å². The third-order valence-electron chi connectivity index (χ3n) is 1.77. The van der Waals surface area contributed by atoms with Crippen LogP contribution in [-0.2, 0) is 4.74 Å². The molecule has 0 fully saturated rings. The van der Waals surface area contributed by atoms with Crippen molar-refractivity contribution in [2.45, 2.75) is 25.7 Å². The molecule has 0 atom stereocenters. The second kappa shape index (κ2) is 5.58. The van der Waals surface area contributed by atoms with Crippen LogP contribution in [0.2, 0.25) is 0 Å². The van der Waals surface area contributed by atoms with E-state index >= 15 is 0 Å². The second-order valence-corrected chi connectivity index (χ2v) is 2.74. The molecule has 2 heteroatoms. The number of methoxy groups -OCH3 is 1. The molecule has 0 aromatic heterocycles. The fourth-order valence-corrected chi connectivity index (χ4v) is 1.07. The topological polar surface area (TPSA) is 21.6 Å². The van der Waals surface area contributed by atoms with Gasteiger partial charge in [-0.25, -0.2) is 4.99 Å². The van der Waals surface area contributed by atoms with Crippen LogP contribution in [0.3, 0.4) is 0 Å². The monoisotopic (exact) mass is 165 g/mol. The van der Waals surface area contributed by atoms with E-state index in [4.69, 9.17) is 4.74 Å². The van der Waals surface area contributed by atoms with Crippen LogP contribution < -0.4 is 0 Å². The first-order chi connectivity index (χ1) is 5.93. The molecule has 1 aliphatic heterocycles. The number of allylic oxidation sites excluding steroid dienone is 2. The van der Waals surface area contributed by atoms with Crippen LogP contribution in [0.15, 0.2) is 29.4 Å². The van der Waals surface area contributed by atoms with Crippen LogP contribution in [0.1, 0.15) is 25.7 Å². The Balaban J connectivity index is 2.59. The first-order valence-corrected chi connectivity index (χ1v) is 4.37. The fourth-order valence-electron chi connectivity index (χ4n) is 1.07. The highest BCUT2D eigenvalue weighted by molar-refractivity contribution is 5.87. The van der Waals surface area contributed by atoms with Gasteiger partial charge in [-0.3, -0.25) is 0 Å². The lowest BCUT2D eigenvalue weighted by Gasteiger charge is -1.99. The van der Waals surface area contributed by atoms with Crippen LogP contribution in [0.25, 0.3) is 0 Å². The van der Waals surface area contributed by atoms with E-state index < -0.39 is 0 Å². The molecule has 0 radical (unpaired) electrons. The van der Waals surface area contributed by atoms with E-state index in [1.807, 2.05) is 12.3 Å². The van der Waals surface area contributed by atoms with Gasteiger partial charge in [0.1, 0.15) is 0 Å². The van der Waals surface area contributed by atoms with E-state index in [0.29, 0.717) is 5.90 Å². The van der Waals surface area contributed by atoms with E-state index in [9.17, 15) is 0 Å². The minimum absolute atomic E-state index is 0.688. The van der Waals surface area contributed by atoms with Gasteiger partial charge >= 0.3 is 0 Å². The minimum atomic E-state index is 0.688. The Labute approximate surface area is 73.6 Å². The first kappa shape index (κ1) is 9.04. The maximum absolute atomic E-state index is 5.03. The molecule has 0 N–H and O–H groups in total. The number of nitrogens with zero attached hydrogens (tertiary/aromatic N) is 1. The summed E-state index contributed by atoms with van der Waals surface area (Å²) in [7, 11) is 1.64. The van der Waals surface area contributed by atoms with Crippen LogP contribution in [0.5, 0.6) is 0 Å². The molecule has 0 saturated carbocycles. The van der Waals surface area contributed by atoms with Gasteiger partial charge in [0.05, 0.1) is 7.11 Å². The summed E-state index contributed by atoms with van der Waals surface area (Å²) >= 11 is 0. The molecule has 0 unspecified atom stereocenters. The minimum Gasteiger partial charge on any atom is -0.481 e. The van der Waals surface area contributed by atoms with Gasteiger partial charge in [0, 0.05) is 6.20 Å². The van der Waals surface area contributed by atoms with Crippen LogP contribution in [0, 0.1) is 0 Å². The Morgan fingerprint density at radius 1 is 1.25 bits per heavy atom. The highest BCUT2D eigenvalue weighted by Gasteiger charge is 1.90. The summed E-state index contributed by atoms with van der Waals surface area (Å²) in [6.45, 7) is 0. The number of rotatable bonds is 0. The Hall–Kier alpha value is -1.05. The average molecular weight is 165 g/mol. The van der Waals surface area contributed by atoms with E-state index in [1.54, 1.807) is 7.11 Å². The molecule has 1 rings (SSSR count). The quantitative estimate of drug-likeness (QED) is 0.540. The van der Waals surface area contributed by atoms with Gasteiger partial charge in [0.15, 0.2) is 0 Å². The van der Waals surface area contributed by atoms with Crippen molar-refractivity contribution in [3.63, 3.8) is 0 Å². The smallest absolute Gasteiger partial charge is 0.212 e. The Morgan fingerprint density at radius 3 is 2.75 bits per heavy atom. The standard InChI is InChI=1S/C10H15NO/c1-12-10-8-6-4-2-3-5-7-9-11-10/h6-9H,2-5H2,1H3/b8-6+,9-7-,11-10+. The van der Waals surface area contributed by atoms with Crippen LogP contribution >= 0.6 is 0 Å². The molecular formula is C10H15NO. The van der Waals surface area contributed by atoms with Crippen LogP contribution in [-0.4, -0.2) is 13.0 Å². The lowest BCUT2D eigenvalue weighted by atomic mass is 10.2. The molecule has 1 heterocycles. The largest absolute Gasteiger partial charge is 0.481 e. The first-order valence-electron chi connectivity index (χ1n) is 4.37. The van der Waals surface area contributed by atoms with Crippen molar-refractivity contribution in [2.24, 2.45) is 4.99 Å². The molecular weight excluding hydrogens is 150 g/mol. The Bertz CT molecular complexity index is 204. The predicted molar refractivity (Wildman–Crippen MR) is 51.2 cm³/mol. The molecule has 0 bridgehead atoms. The van der Waals surface area contributed by atoms with E-state index in [1.165, 1.54) is 12.8 Å². The van der Waals surface area contributed by atoms with Gasteiger partial charge in [-0.1, -0.05) is 12.2 Å². The van der Waals surface area contributed by atoms with Gasteiger partial charge in [-0.2, -0.15) is 0 Å². The fraction of sp³-hybridized carbons (Fsp3) is 0.500. The van der Waals surface area contributed by atoms with Crippen molar-refractivity contribution < 1.29 is 4.74 Å². The number of hydrogen-bond donors (Lipinski definition) is 0. The molecule has 2 nitrogen and oxygen atoms in total. The highest BCUT2D eigenvalue weighted by atomic mass is 16.5. The van der Waals surface area contributed by atoms with Crippen LogP contribution in [0.4, 0.5) is 0 Å². The zero-order chi connectivity index (χ0) is 8.65. The summed E-state index contributed by atoms with van der Waals surface area (Å²) in [6, 6.07) is 0. The maximum Gasteiger partial charge on any atom is 0.212 e. The summed E-state index contributed by atoms with van der Waals surface area (Å²) in [5, 5.41) is 0. The summed E-state index contributed by atoms with van der Waals surface area (Å²) in [5.41, 5.74) is 0. The van der Waals surface area contributed by atoms with Crippen molar-refractivity contribution in [3.8, 4) is 0 Å². The third kappa shape index (κ3) is 3.37. The Morgan fingerprint density at radius 2 is 2.00 bits per heavy atom. The molecule has 0 aliphatic carbocycles. The van der Waals surface area contributed by atoms with Crippen molar-refractivity contribution in [3.05, 3.63) is 24.4 Å². The zero-order valence-corrected chi connectivity index (χ0v) is 7.49. The highest BCUT2D eigenvalue weighted by Crippen LogP contribution is 2.03. The predicted octanol–water partition coefficient (Wildman–Crippen LogP) is 2.68. The molecule has 0 aromatic carbocycles. The molecule has 0 spiro atoms. The zero-order valence-electron chi connectivity index (χ0n) is 7.49. The van der Waals surface area contributed by atoms with Crippen molar-refractivity contribution in [2.75, 3.05) is 7.11 Å². The van der Waals surface area contributed by atoms with Gasteiger partial charge in [0.25, 0.3) is 0 Å².